The highest BCUT2D eigenvalue weighted by Gasteiger charge is 2.45. The maximum atomic E-state index is 6.09. The van der Waals surface area contributed by atoms with Crippen molar-refractivity contribution >= 4 is 17.0 Å². The predicted molar refractivity (Wildman–Crippen MR) is 98.3 cm³/mol. The molecule has 128 valence electrons. The fraction of sp³-hybridized carbons (Fsp3) is 0.200. The Bertz CT molecular complexity index is 1030. The monoisotopic (exact) mass is 343 g/mol. The highest BCUT2D eigenvalue weighted by Crippen LogP contribution is 2.49. The first kappa shape index (κ1) is 15.0. The number of nitrogens with two attached hydrogens (primary N) is 1. The number of hydrogen-bond donors (Lipinski definition) is 1. The summed E-state index contributed by atoms with van der Waals surface area (Å²) in [5.74, 6) is 1.05. The average molecular weight is 343 g/mol. The molecule has 0 saturated heterocycles. The first-order chi connectivity index (χ1) is 12.7. The van der Waals surface area contributed by atoms with E-state index in [0.29, 0.717) is 0 Å². The molecule has 26 heavy (non-hydrogen) atoms. The zero-order valence-corrected chi connectivity index (χ0v) is 14.1. The molecule has 0 radical (unpaired) electrons. The Kier molecular flexibility index (Phi) is 3.25. The van der Waals surface area contributed by atoms with E-state index in [0.717, 1.165) is 53.1 Å². The van der Waals surface area contributed by atoms with Crippen LogP contribution in [0.5, 0.6) is 0 Å². The van der Waals surface area contributed by atoms with Crippen molar-refractivity contribution in [1.82, 2.24) is 19.9 Å². The molecule has 1 aliphatic rings. The van der Waals surface area contributed by atoms with Crippen molar-refractivity contribution in [2.45, 2.75) is 24.7 Å². The minimum Gasteiger partial charge on any atom is -0.440 e. The lowest BCUT2D eigenvalue weighted by molar-refractivity contribution is 0.244. The van der Waals surface area contributed by atoms with E-state index < -0.39 is 0 Å². The van der Waals surface area contributed by atoms with Gasteiger partial charge in [0.15, 0.2) is 5.58 Å². The van der Waals surface area contributed by atoms with Crippen LogP contribution in [0.1, 0.15) is 30.7 Å². The van der Waals surface area contributed by atoms with E-state index in [4.69, 9.17) is 15.1 Å². The standard InChI is InChI=1S/C20H17N5O/c21-19-23-10-13(11-24-19)15-7-6-14(12-22-15)20(8-3-9-20)18-25-16-4-1-2-5-17(16)26-18/h1-2,4-7,10-12H,3,8-9H2,(H2,21,23,24). The Hall–Kier alpha value is -3.28. The van der Waals surface area contributed by atoms with Gasteiger partial charge in [0.05, 0.1) is 11.1 Å². The topological polar surface area (TPSA) is 90.7 Å². The van der Waals surface area contributed by atoms with Gasteiger partial charge in [0, 0.05) is 24.2 Å². The molecule has 0 spiro atoms. The summed E-state index contributed by atoms with van der Waals surface area (Å²) in [4.78, 5) is 17.4. The van der Waals surface area contributed by atoms with Crippen molar-refractivity contribution in [3.05, 3.63) is 66.4 Å². The van der Waals surface area contributed by atoms with Gasteiger partial charge in [-0.15, -0.1) is 0 Å². The average Bonchev–Trinajstić information content (AvgIpc) is 3.06. The number of anilines is 1. The van der Waals surface area contributed by atoms with Gasteiger partial charge in [-0.25, -0.2) is 15.0 Å². The van der Waals surface area contributed by atoms with E-state index in [1.165, 1.54) is 0 Å². The normalized spacial score (nSPS) is 15.7. The summed E-state index contributed by atoms with van der Waals surface area (Å²) in [6.45, 7) is 0. The Morgan fingerprint density at radius 2 is 1.73 bits per heavy atom. The molecule has 0 atom stereocenters. The van der Waals surface area contributed by atoms with Crippen LogP contribution in [0, 0.1) is 0 Å². The molecule has 3 heterocycles. The molecule has 2 N–H and O–H groups in total. The minimum absolute atomic E-state index is 0.178. The largest absolute Gasteiger partial charge is 0.440 e. The van der Waals surface area contributed by atoms with Gasteiger partial charge in [0.1, 0.15) is 5.52 Å². The fourth-order valence-electron chi connectivity index (χ4n) is 3.55. The van der Waals surface area contributed by atoms with E-state index in [-0.39, 0.29) is 11.4 Å². The molecular formula is C20H17N5O. The van der Waals surface area contributed by atoms with Crippen molar-refractivity contribution in [3.63, 3.8) is 0 Å². The number of hydrogen-bond acceptors (Lipinski definition) is 6. The number of nitrogens with zero attached hydrogens (tertiary/aromatic N) is 4. The maximum Gasteiger partial charge on any atom is 0.219 e. The van der Waals surface area contributed by atoms with Crippen LogP contribution in [0.3, 0.4) is 0 Å². The molecular weight excluding hydrogens is 326 g/mol. The molecule has 5 rings (SSSR count). The number of rotatable bonds is 3. The second-order valence-corrected chi connectivity index (χ2v) is 6.68. The van der Waals surface area contributed by atoms with Gasteiger partial charge in [-0.3, -0.25) is 4.98 Å². The van der Waals surface area contributed by atoms with E-state index >= 15 is 0 Å². The second kappa shape index (κ2) is 5.62. The third kappa shape index (κ3) is 2.26. The lowest BCUT2D eigenvalue weighted by Gasteiger charge is -2.39. The second-order valence-electron chi connectivity index (χ2n) is 6.68. The molecule has 0 aliphatic heterocycles. The fourth-order valence-corrected chi connectivity index (χ4v) is 3.55. The molecule has 1 aromatic carbocycles. The quantitative estimate of drug-likeness (QED) is 0.609. The molecule has 1 fully saturated rings. The van der Waals surface area contributed by atoms with Gasteiger partial charge in [0.2, 0.25) is 11.8 Å². The van der Waals surface area contributed by atoms with E-state index in [2.05, 4.69) is 21.0 Å². The van der Waals surface area contributed by atoms with E-state index in [1.54, 1.807) is 12.4 Å². The lowest BCUT2D eigenvalue weighted by Crippen LogP contribution is -2.35. The number of pyridine rings is 1. The zero-order chi connectivity index (χ0) is 17.6. The van der Waals surface area contributed by atoms with Crippen LogP contribution in [0.25, 0.3) is 22.4 Å². The summed E-state index contributed by atoms with van der Waals surface area (Å²) in [7, 11) is 0. The van der Waals surface area contributed by atoms with Gasteiger partial charge < -0.3 is 10.2 Å². The number of para-hydroxylation sites is 2. The Balaban J connectivity index is 1.53. The van der Waals surface area contributed by atoms with Gasteiger partial charge in [-0.2, -0.15) is 0 Å². The van der Waals surface area contributed by atoms with Crippen LogP contribution in [-0.4, -0.2) is 19.9 Å². The first-order valence-corrected chi connectivity index (χ1v) is 8.65. The van der Waals surface area contributed by atoms with Crippen molar-refractivity contribution in [3.8, 4) is 11.3 Å². The Labute approximate surface area is 150 Å². The highest BCUT2D eigenvalue weighted by molar-refractivity contribution is 5.72. The summed E-state index contributed by atoms with van der Waals surface area (Å²) in [6.07, 6.45) is 8.48. The molecule has 4 aromatic rings. The molecule has 6 heteroatoms. The van der Waals surface area contributed by atoms with Crippen LogP contribution in [0.4, 0.5) is 5.95 Å². The first-order valence-electron chi connectivity index (χ1n) is 8.65. The summed E-state index contributed by atoms with van der Waals surface area (Å²) in [5, 5.41) is 0. The lowest BCUT2D eigenvalue weighted by atomic mass is 9.64. The molecule has 0 amide bonds. The van der Waals surface area contributed by atoms with Gasteiger partial charge in [-0.05, 0) is 36.6 Å². The van der Waals surface area contributed by atoms with Gasteiger partial charge >= 0.3 is 0 Å². The van der Waals surface area contributed by atoms with Crippen molar-refractivity contribution in [2.24, 2.45) is 0 Å². The van der Waals surface area contributed by atoms with Crippen LogP contribution in [0.2, 0.25) is 0 Å². The minimum atomic E-state index is -0.178. The van der Waals surface area contributed by atoms with Gasteiger partial charge in [0.25, 0.3) is 0 Å². The molecule has 0 bridgehead atoms. The summed E-state index contributed by atoms with van der Waals surface area (Å²) >= 11 is 0. The third-order valence-corrected chi connectivity index (χ3v) is 5.19. The van der Waals surface area contributed by atoms with Crippen molar-refractivity contribution < 1.29 is 4.42 Å². The van der Waals surface area contributed by atoms with Crippen LogP contribution >= 0.6 is 0 Å². The zero-order valence-electron chi connectivity index (χ0n) is 14.1. The van der Waals surface area contributed by atoms with Crippen LogP contribution in [0.15, 0.2) is 59.4 Å². The van der Waals surface area contributed by atoms with Crippen molar-refractivity contribution in [1.29, 1.82) is 0 Å². The summed E-state index contributed by atoms with van der Waals surface area (Å²) in [5.41, 5.74) is 9.90. The smallest absolute Gasteiger partial charge is 0.219 e. The highest BCUT2D eigenvalue weighted by atomic mass is 16.3. The number of fused-ring (bicyclic) bond motifs is 1. The molecule has 1 saturated carbocycles. The number of benzene rings is 1. The Morgan fingerprint density at radius 3 is 2.38 bits per heavy atom. The summed E-state index contributed by atoms with van der Waals surface area (Å²) in [6, 6.07) is 12.0. The van der Waals surface area contributed by atoms with Crippen LogP contribution < -0.4 is 5.73 Å². The van der Waals surface area contributed by atoms with E-state index in [1.807, 2.05) is 36.5 Å². The SMILES string of the molecule is Nc1ncc(-c2ccc(C3(c4nc5ccccc5o4)CCC3)cn2)cn1. The molecule has 6 nitrogen and oxygen atoms in total. The number of aromatic nitrogens is 4. The van der Waals surface area contributed by atoms with Crippen molar-refractivity contribution in [2.75, 3.05) is 5.73 Å². The van der Waals surface area contributed by atoms with Crippen LogP contribution in [-0.2, 0) is 5.41 Å². The Morgan fingerprint density at radius 1 is 0.923 bits per heavy atom. The summed E-state index contributed by atoms with van der Waals surface area (Å²) < 4.78 is 6.09. The van der Waals surface area contributed by atoms with Gasteiger partial charge in [-0.1, -0.05) is 24.6 Å². The third-order valence-electron chi connectivity index (χ3n) is 5.19. The maximum absolute atomic E-state index is 6.09. The number of oxazole rings is 1. The number of nitrogen functional groups attached to an aromatic ring is 1. The molecule has 0 unspecified atom stereocenters. The molecule has 1 aliphatic carbocycles. The molecule has 3 aromatic heterocycles. The predicted octanol–water partition coefficient (Wildman–Crippen LogP) is 3.73. The van der Waals surface area contributed by atoms with E-state index in [9.17, 15) is 0 Å².